The van der Waals surface area contributed by atoms with Gasteiger partial charge in [-0.25, -0.2) is 10.2 Å². The van der Waals surface area contributed by atoms with Crippen LogP contribution in [0.15, 0.2) is 21.4 Å². The van der Waals surface area contributed by atoms with E-state index in [9.17, 15) is 24.0 Å². The van der Waals surface area contributed by atoms with Gasteiger partial charge in [-0.05, 0) is 26.7 Å². The predicted molar refractivity (Wildman–Crippen MR) is 168 cm³/mol. The number of ketones is 2. The minimum absolute atomic E-state index is 0.0882. The fourth-order valence-corrected chi connectivity index (χ4v) is 7.79. The minimum Gasteiger partial charge on any atom is -0.449 e. The molecule has 1 aliphatic carbocycles. The van der Waals surface area contributed by atoms with E-state index in [0.29, 0.717) is 55.4 Å². The van der Waals surface area contributed by atoms with Crippen molar-refractivity contribution in [3.05, 3.63) is 11.3 Å². The molecular weight excluding hydrogens is 610 g/mol. The van der Waals surface area contributed by atoms with Crippen molar-refractivity contribution in [1.29, 1.82) is 0 Å². The van der Waals surface area contributed by atoms with Gasteiger partial charge in [-0.2, -0.15) is 5.10 Å². The van der Waals surface area contributed by atoms with E-state index in [-0.39, 0.29) is 59.8 Å². The number of hydrazone groups is 1. The zero-order valence-corrected chi connectivity index (χ0v) is 27.1. The molecule has 4 rings (SSSR count). The summed E-state index contributed by atoms with van der Waals surface area (Å²) >= 11 is 0. The SMILES string of the molecule is CCCC(=O)NN=C(C)CCC(=O)NCCSSCCN=C1C(=O)C2=C(C(=O)C1C)N1CC3NC3[C@]1(OC)C2COC(N)=O. The van der Waals surface area contributed by atoms with Crippen molar-refractivity contribution >= 4 is 62.5 Å². The van der Waals surface area contributed by atoms with Crippen molar-refractivity contribution in [2.75, 3.05) is 44.9 Å². The first-order chi connectivity index (χ1) is 21.1. The molecule has 0 spiro atoms. The van der Waals surface area contributed by atoms with Gasteiger partial charge in [0.15, 0.2) is 11.5 Å². The number of aliphatic imine (C=N–C) groups is 1. The molecule has 5 atom stereocenters. The number of amides is 3. The van der Waals surface area contributed by atoms with Crippen LogP contribution in [0.4, 0.5) is 4.79 Å². The number of rotatable bonds is 16. The molecule has 3 amide bonds. The van der Waals surface area contributed by atoms with Crippen LogP contribution in [0.25, 0.3) is 0 Å². The van der Waals surface area contributed by atoms with Gasteiger partial charge in [0.25, 0.3) is 0 Å². The van der Waals surface area contributed by atoms with E-state index in [1.165, 1.54) is 7.11 Å². The molecular formula is C28H41N7O7S2. The third-order valence-corrected chi connectivity index (χ3v) is 10.5. The highest BCUT2D eigenvalue weighted by Crippen LogP contribution is 2.55. The number of carbonyl (C=O) groups is 5. The molecule has 44 heavy (non-hydrogen) atoms. The number of Topliss-reactive ketones (excluding diaryl/α,β-unsaturated/α-hetero) is 2. The first-order valence-electron chi connectivity index (χ1n) is 14.8. The van der Waals surface area contributed by atoms with Gasteiger partial charge in [0.2, 0.25) is 17.6 Å². The molecule has 0 aromatic heterocycles. The smallest absolute Gasteiger partial charge is 0.404 e. The lowest BCUT2D eigenvalue weighted by Gasteiger charge is -2.39. The van der Waals surface area contributed by atoms with E-state index in [1.54, 1.807) is 35.4 Å². The normalized spacial score (nSPS) is 28.1. The third kappa shape index (κ3) is 7.13. The number of hydrogen-bond donors (Lipinski definition) is 4. The third-order valence-electron chi connectivity index (χ3n) is 8.15. The number of nitrogens with zero attached hydrogens (tertiary/aromatic N) is 3. The second-order valence-electron chi connectivity index (χ2n) is 11.1. The maximum absolute atomic E-state index is 13.8. The number of allylic oxidation sites excluding steroid dienone is 1. The Morgan fingerprint density at radius 1 is 1.16 bits per heavy atom. The average Bonchev–Trinajstić information content (AvgIpc) is 3.60. The second kappa shape index (κ2) is 14.9. The molecule has 3 heterocycles. The van der Waals surface area contributed by atoms with Crippen LogP contribution in [-0.2, 0) is 28.7 Å². The summed E-state index contributed by atoms with van der Waals surface area (Å²) in [7, 11) is 4.68. The number of primary amides is 1. The van der Waals surface area contributed by atoms with Crippen molar-refractivity contribution in [3.8, 4) is 0 Å². The van der Waals surface area contributed by atoms with Gasteiger partial charge >= 0.3 is 6.09 Å². The van der Waals surface area contributed by atoms with Crippen LogP contribution in [-0.4, -0.2) is 108 Å². The maximum atomic E-state index is 13.8. The summed E-state index contributed by atoms with van der Waals surface area (Å²) in [5, 5.41) is 10.2. The van der Waals surface area contributed by atoms with Crippen LogP contribution >= 0.6 is 21.6 Å². The van der Waals surface area contributed by atoms with Crippen molar-refractivity contribution < 1.29 is 33.4 Å². The zero-order chi connectivity index (χ0) is 32.0. The van der Waals surface area contributed by atoms with Crippen LogP contribution in [0.5, 0.6) is 0 Å². The number of methoxy groups -OCH3 is 1. The van der Waals surface area contributed by atoms with E-state index >= 15 is 0 Å². The summed E-state index contributed by atoms with van der Waals surface area (Å²) in [5.74, 6) is -0.833. The van der Waals surface area contributed by atoms with Crippen molar-refractivity contribution in [3.63, 3.8) is 0 Å². The molecule has 0 bridgehead atoms. The number of carbonyl (C=O) groups excluding carboxylic acids is 5. The molecule has 3 aliphatic heterocycles. The molecule has 0 aromatic rings. The van der Waals surface area contributed by atoms with Gasteiger partial charge < -0.3 is 30.7 Å². The number of hydrogen-bond acceptors (Lipinski definition) is 13. The van der Waals surface area contributed by atoms with Gasteiger partial charge in [0.1, 0.15) is 6.61 Å². The summed E-state index contributed by atoms with van der Waals surface area (Å²) in [6, 6.07) is 0.0298. The lowest BCUT2D eigenvalue weighted by Crippen LogP contribution is -2.55. The summed E-state index contributed by atoms with van der Waals surface area (Å²) in [4.78, 5) is 68.8. The second-order valence-corrected chi connectivity index (χ2v) is 13.8. The van der Waals surface area contributed by atoms with Crippen molar-refractivity contribution in [1.82, 2.24) is 21.0 Å². The minimum atomic E-state index is -1.01. The first-order valence-corrected chi connectivity index (χ1v) is 17.3. The molecule has 4 unspecified atom stereocenters. The Morgan fingerprint density at radius 2 is 1.91 bits per heavy atom. The van der Waals surface area contributed by atoms with E-state index in [0.717, 1.165) is 6.42 Å². The van der Waals surface area contributed by atoms with Gasteiger partial charge in [-0.3, -0.25) is 24.2 Å². The molecule has 4 aliphatic rings. The summed E-state index contributed by atoms with van der Waals surface area (Å²) < 4.78 is 11.1. The lowest BCUT2D eigenvalue weighted by atomic mass is 9.78. The van der Waals surface area contributed by atoms with Gasteiger partial charge in [0.05, 0.1) is 29.3 Å². The standard InChI is InChI=1S/C28H41N7O7S2/c1-5-6-20(37)34-33-15(2)7-8-19(36)30-9-11-43-44-12-10-31-22-16(3)24(38)23-21(25(22)39)17(14-42-27(29)40)28(41-4)26-18(32-26)13-35(23)28/h16-18,26,32H,5-14H2,1-4H3,(H2,29,40)(H,30,36)(H,34,37)/t16?,17?,18?,26?,28-/m1/s1. The van der Waals surface area contributed by atoms with Crippen LogP contribution in [0.2, 0.25) is 0 Å². The Bertz CT molecular complexity index is 1270. The molecule has 0 saturated carbocycles. The Kier molecular flexibility index (Phi) is 11.5. The van der Waals surface area contributed by atoms with Crippen LogP contribution < -0.4 is 21.8 Å². The zero-order valence-electron chi connectivity index (χ0n) is 25.5. The highest BCUT2D eigenvalue weighted by atomic mass is 33.1. The van der Waals surface area contributed by atoms with E-state index in [2.05, 4.69) is 26.2 Å². The van der Waals surface area contributed by atoms with E-state index in [1.807, 2.05) is 11.8 Å². The number of nitrogens with two attached hydrogens (primary N) is 1. The Labute approximate surface area is 264 Å². The topological polar surface area (TPSA) is 204 Å². The van der Waals surface area contributed by atoms with E-state index in [4.69, 9.17) is 15.2 Å². The molecule has 14 nitrogen and oxygen atoms in total. The van der Waals surface area contributed by atoms with Gasteiger partial charge in [-0.15, -0.1) is 0 Å². The Morgan fingerprint density at radius 3 is 2.61 bits per heavy atom. The highest BCUT2D eigenvalue weighted by Gasteiger charge is 2.73. The number of piperazine rings is 1. The fourth-order valence-electron chi connectivity index (χ4n) is 6.02. The summed E-state index contributed by atoms with van der Waals surface area (Å²) in [6.45, 7) is 6.55. The van der Waals surface area contributed by atoms with Crippen LogP contribution in [0.3, 0.4) is 0 Å². The highest BCUT2D eigenvalue weighted by molar-refractivity contribution is 8.76. The first kappa shape index (κ1) is 33.9. The van der Waals surface area contributed by atoms with Crippen LogP contribution in [0.1, 0.15) is 46.5 Å². The number of nitrogens with one attached hydrogen (secondary N) is 3. The summed E-state index contributed by atoms with van der Waals surface area (Å²) in [6.07, 6.45) is 0.945. The molecule has 5 N–H and O–H groups in total. The Balaban J connectivity index is 1.23. The van der Waals surface area contributed by atoms with Gasteiger partial charge in [-0.1, -0.05) is 28.5 Å². The lowest BCUT2D eigenvalue weighted by molar-refractivity contribution is -0.138. The number of fused-ring (bicyclic) bond motifs is 4. The van der Waals surface area contributed by atoms with Crippen molar-refractivity contribution in [2.45, 2.75) is 64.3 Å². The summed E-state index contributed by atoms with van der Waals surface area (Å²) in [5.41, 5.74) is 8.22. The predicted octanol–water partition coefficient (Wildman–Crippen LogP) is 0.763. The van der Waals surface area contributed by atoms with Crippen molar-refractivity contribution in [2.24, 2.45) is 27.7 Å². The Hall–Kier alpha value is -2.95. The molecule has 0 radical (unpaired) electrons. The van der Waals surface area contributed by atoms with E-state index < -0.39 is 23.7 Å². The quantitative estimate of drug-likeness (QED) is 0.0603. The fraction of sp³-hybridized carbons (Fsp3) is 0.679. The molecule has 242 valence electrons. The van der Waals surface area contributed by atoms with Gasteiger partial charge in [0, 0.05) is 68.4 Å². The largest absolute Gasteiger partial charge is 0.449 e. The van der Waals surface area contributed by atoms with Crippen LogP contribution in [0, 0.1) is 11.8 Å². The molecule has 0 aromatic carbocycles. The molecule has 16 heteroatoms. The average molecular weight is 652 g/mol. The monoisotopic (exact) mass is 651 g/mol. The number of ether oxygens (including phenoxy) is 2. The molecule has 2 saturated heterocycles. The maximum Gasteiger partial charge on any atom is 0.404 e. The molecule has 2 fully saturated rings.